The summed E-state index contributed by atoms with van der Waals surface area (Å²) in [4.78, 5) is 11.3. The molecule has 0 aliphatic rings. The Balaban J connectivity index is 1.71. The molecule has 0 radical (unpaired) electrons. The summed E-state index contributed by atoms with van der Waals surface area (Å²) < 4.78 is 12.1. The Morgan fingerprint density at radius 3 is 2.50 bits per heavy atom. The van der Waals surface area contributed by atoms with Crippen molar-refractivity contribution in [3.05, 3.63) is 88.7 Å². The first kappa shape index (κ1) is 21.6. The predicted molar refractivity (Wildman–Crippen MR) is 124 cm³/mol. The summed E-state index contributed by atoms with van der Waals surface area (Å²) in [5.74, 6) is 0.451. The molecule has 6 heteroatoms. The molecule has 0 aliphatic carbocycles. The molecule has 0 amide bonds. The Labute approximate surface area is 186 Å². The monoisotopic (exact) mass is 430 g/mol. The Kier molecular flexibility index (Phi) is 6.25. The SMILES string of the molecule is Cc1cc2cc(COc3cc(CN)ccc3CC(=O)O)cc(-c3cccc(CN)c3)c2o1. The van der Waals surface area contributed by atoms with E-state index in [2.05, 4.69) is 6.07 Å². The average molecular weight is 431 g/mol. The minimum atomic E-state index is -0.910. The van der Waals surface area contributed by atoms with Crippen molar-refractivity contribution in [3.63, 3.8) is 0 Å². The number of hydrogen-bond acceptors (Lipinski definition) is 5. The maximum atomic E-state index is 11.3. The van der Waals surface area contributed by atoms with Crippen molar-refractivity contribution in [2.24, 2.45) is 11.5 Å². The molecule has 164 valence electrons. The number of aliphatic carboxylic acids is 1. The van der Waals surface area contributed by atoms with Crippen molar-refractivity contribution in [3.8, 4) is 16.9 Å². The molecule has 0 atom stereocenters. The number of hydrogen-bond donors (Lipinski definition) is 3. The number of rotatable bonds is 8. The van der Waals surface area contributed by atoms with Crippen molar-refractivity contribution in [2.75, 3.05) is 0 Å². The quantitative estimate of drug-likeness (QED) is 0.379. The Morgan fingerprint density at radius 1 is 0.969 bits per heavy atom. The van der Waals surface area contributed by atoms with Crippen LogP contribution in [0.4, 0.5) is 0 Å². The number of carbonyl (C=O) groups is 1. The first-order chi connectivity index (χ1) is 15.5. The van der Waals surface area contributed by atoms with Crippen LogP contribution in [0.25, 0.3) is 22.1 Å². The topological polar surface area (TPSA) is 112 Å². The van der Waals surface area contributed by atoms with E-state index in [1.54, 1.807) is 6.07 Å². The van der Waals surface area contributed by atoms with E-state index in [1.165, 1.54) is 0 Å². The number of benzene rings is 3. The minimum absolute atomic E-state index is 0.114. The zero-order valence-corrected chi connectivity index (χ0v) is 17.9. The van der Waals surface area contributed by atoms with Crippen molar-refractivity contribution in [1.82, 2.24) is 0 Å². The van der Waals surface area contributed by atoms with Crippen LogP contribution in [-0.2, 0) is 30.9 Å². The van der Waals surface area contributed by atoms with Gasteiger partial charge in [0.1, 0.15) is 23.7 Å². The number of ether oxygens (including phenoxy) is 1. The predicted octanol–water partition coefficient (Wildman–Crippen LogP) is 4.53. The Hall–Kier alpha value is -3.61. The summed E-state index contributed by atoms with van der Waals surface area (Å²) in [6.45, 7) is 3.02. The van der Waals surface area contributed by atoms with Crippen LogP contribution in [0.5, 0.6) is 5.75 Å². The third-order valence-corrected chi connectivity index (χ3v) is 5.38. The number of nitrogens with two attached hydrogens (primary N) is 2. The molecule has 4 rings (SSSR count). The van der Waals surface area contributed by atoms with Crippen LogP contribution in [0.2, 0.25) is 0 Å². The molecule has 0 spiro atoms. The lowest BCUT2D eigenvalue weighted by molar-refractivity contribution is -0.136. The average Bonchev–Trinajstić information content (AvgIpc) is 3.17. The van der Waals surface area contributed by atoms with Crippen LogP contribution in [0.1, 0.15) is 28.0 Å². The lowest BCUT2D eigenvalue weighted by Crippen LogP contribution is -2.06. The molecule has 4 aromatic rings. The summed E-state index contributed by atoms with van der Waals surface area (Å²) in [6.07, 6.45) is -0.114. The van der Waals surface area contributed by atoms with E-state index < -0.39 is 5.97 Å². The standard InChI is InChI=1S/C26H26N2O4/c1-16-7-22-9-19(10-23(26(22)32-16)20-4-2-3-17(8-20)13-27)15-31-24-11-18(14-28)5-6-21(24)12-25(29)30/h2-11H,12-15,27-28H2,1H3,(H,29,30). The fourth-order valence-electron chi connectivity index (χ4n) is 3.84. The van der Waals surface area contributed by atoms with E-state index in [-0.39, 0.29) is 13.0 Å². The second-order valence-corrected chi connectivity index (χ2v) is 7.83. The fraction of sp³-hybridized carbons (Fsp3) is 0.192. The molecule has 0 saturated carbocycles. The number of fused-ring (bicyclic) bond motifs is 1. The maximum absolute atomic E-state index is 11.3. The highest BCUT2D eigenvalue weighted by Crippen LogP contribution is 2.33. The molecule has 0 unspecified atom stereocenters. The summed E-state index contributed by atoms with van der Waals surface area (Å²) >= 11 is 0. The van der Waals surface area contributed by atoms with Gasteiger partial charge in [-0.2, -0.15) is 0 Å². The second-order valence-electron chi connectivity index (χ2n) is 7.83. The number of carboxylic acid groups (broad SMARTS) is 1. The van der Waals surface area contributed by atoms with E-state index >= 15 is 0 Å². The molecule has 3 aromatic carbocycles. The van der Waals surface area contributed by atoms with Crippen LogP contribution >= 0.6 is 0 Å². The van der Waals surface area contributed by atoms with Crippen molar-refractivity contribution < 1.29 is 19.1 Å². The van der Waals surface area contributed by atoms with Crippen LogP contribution in [0.15, 0.2) is 65.1 Å². The molecule has 1 aromatic heterocycles. The third-order valence-electron chi connectivity index (χ3n) is 5.38. The van der Waals surface area contributed by atoms with E-state index in [0.717, 1.165) is 44.5 Å². The van der Waals surface area contributed by atoms with E-state index in [0.29, 0.717) is 24.4 Å². The van der Waals surface area contributed by atoms with Crippen LogP contribution < -0.4 is 16.2 Å². The maximum Gasteiger partial charge on any atom is 0.307 e. The molecule has 0 bridgehead atoms. The third kappa shape index (κ3) is 4.66. The molecule has 32 heavy (non-hydrogen) atoms. The summed E-state index contributed by atoms with van der Waals surface area (Å²) in [6, 6.07) is 19.6. The highest BCUT2D eigenvalue weighted by atomic mass is 16.5. The van der Waals surface area contributed by atoms with Gasteiger partial charge in [-0.25, -0.2) is 0 Å². The summed E-state index contributed by atoms with van der Waals surface area (Å²) in [7, 11) is 0. The van der Waals surface area contributed by atoms with Crippen molar-refractivity contribution >= 4 is 16.9 Å². The van der Waals surface area contributed by atoms with Crippen LogP contribution in [-0.4, -0.2) is 11.1 Å². The van der Waals surface area contributed by atoms with Gasteiger partial charge in [-0.05, 0) is 59.5 Å². The van der Waals surface area contributed by atoms with Gasteiger partial charge < -0.3 is 25.7 Å². The van der Waals surface area contributed by atoms with Gasteiger partial charge in [-0.3, -0.25) is 4.79 Å². The van der Waals surface area contributed by atoms with Gasteiger partial charge in [0.2, 0.25) is 0 Å². The molecular weight excluding hydrogens is 404 g/mol. The second kappa shape index (κ2) is 9.26. The zero-order chi connectivity index (χ0) is 22.7. The van der Waals surface area contributed by atoms with Gasteiger partial charge in [-0.15, -0.1) is 0 Å². The van der Waals surface area contributed by atoms with Gasteiger partial charge in [0.25, 0.3) is 0 Å². The van der Waals surface area contributed by atoms with Gasteiger partial charge in [-0.1, -0.05) is 30.3 Å². The van der Waals surface area contributed by atoms with Gasteiger partial charge in [0.05, 0.1) is 6.42 Å². The van der Waals surface area contributed by atoms with Crippen LogP contribution in [0.3, 0.4) is 0 Å². The lowest BCUT2D eigenvalue weighted by Gasteiger charge is -2.13. The number of aryl methyl sites for hydroxylation is 1. The lowest BCUT2D eigenvalue weighted by atomic mass is 9.99. The molecule has 5 N–H and O–H groups in total. The van der Waals surface area contributed by atoms with E-state index in [1.807, 2.05) is 55.5 Å². The fourth-order valence-corrected chi connectivity index (χ4v) is 3.84. The molecule has 0 aliphatic heterocycles. The Morgan fingerprint density at radius 2 is 1.75 bits per heavy atom. The normalized spacial score (nSPS) is 11.1. The molecule has 0 saturated heterocycles. The largest absolute Gasteiger partial charge is 0.489 e. The molecule has 1 heterocycles. The first-order valence-electron chi connectivity index (χ1n) is 10.5. The minimum Gasteiger partial charge on any atom is -0.489 e. The van der Waals surface area contributed by atoms with Crippen molar-refractivity contribution in [1.29, 1.82) is 0 Å². The van der Waals surface area contributed by atoms with Gasteiger partial charge in [0.15, 0.2) is 0 Å². The molecule has 6 nitrogen and oxygen atoms in total. The summed E-state index contributed by atoms with van der Waals surface area (Å²) in [5, 5.41) is 10.2. The zero-order valence-electron chi connectivity index (χ0n) is 17.9. The van der Waals surface area contributed by atoms with Crippen LogP contribution in [0, 0.1) is 6.92 Å². The van der Waals surface area contributed by atoms with Gasteiger partial charge in [0, 0.05) is 29.6 Å². The Bertz CT molecular complexity index is 1280. The highest BCUT2D eigenvalue weighted by molar-refractivity contribution is 5.93. The number of furan rings is 1. The highest BCUT2D eigenvalue weighted by Gasteiger charge is 2.14. The van der Waals surface area contributed by atoms with E-state index in [4.69, 9.17) is 20.6 Å². The van der Waals surface area contributed by atoms with Gasteiger partial charge >= 0.3 is 5.97 Å². The first-order valence-corrected chi connectivity index (χ1v) is 10.5. The smallest absolute Gasteiger partial charge is 0.307 e. The van der Waals surface area contributed by atoms with Crippen molar-refractivity contribution in [2.45, 2.75) is 33.0 Å². The number of carboxylic acids is 1. The molecular formula is C26H26N2O4. The summed E-state index contributed by atoms with van der Waals surface area (Å²) in [5.41, 5.74) is 17.9. The van der Waals surface area contributed by atoms with E-state index in [9.17, 15) is 9.90 Å². The molecule has 0 fully saturated rings.